The first kappa shape index (κ1) is 17.9. The van der Waals surface area contributed by atoms with Crippen molar-refractivity contribution in [3.8, 4) is 0 Å². The minimum atomic E-state index is -4.57. The molecule has 0 fully saturated rings. The molecule has 1 heterocycles. The highest BCUT2D eigenvalue weighted by Gasteiger charge is 2.33. The van der Waals surface area contributed by atoms with E-state index in [1.807, 2.05) is 0 Å². The first-order chi connectivity index (χ1) is 9.90. The van der Waals surface area contributed by atoms with Crippen LogP contribution in [0.1, 0.15) is 32.0 Å². The Hall–Kier alpha value is -2.12. The zero-order valence-corrected chi connectivity index (χ0v) is 12.3. The molecule has 1 N–H and O–H groups in total. The molecule has 1 aromatic rings. The number of rotatable bonds is 4. The lowest BCUT2D eigenvalue weighted by Gasteiger charge is -2.22. The van der Waals surface area contributed by atoms with Crippen LogP contribution in [0.4, 0.5) is 13.2 Å². The number of hydrogen-bond donors (Lipinski definition) is 1. The molecule has 0 aliphatic carbocycles. The Balaban J connectivity index is 2.88. The summed E-state index contributed by atoms with van der Waals surface area (Å²) >= 11 is 0. The topological polar surface area (TPSA) is 76.5 Å². The van der Waals surface area contributed by atoms with E-state index < -0.39 is 35.3 Å². The van der Waals surface area contributed by atoms with E-state index >= 15 is 0 Å². The lowest BCUT2D eigenvalue weighted by Crippen LogP contribution is -2.34. The van der Waals surface area contributed by atoms with Gasteiger partial charge in [-0.15, -0.1) is 0 Å². The van der Waals surface area contributed by atoms with Gasteiger partial charge in [0.15, 0.2) is 5.92 Å². The third kappa shape index (κ3) is 5.34. The summed E-state index contributed by atoms with van der Waals surface area (Å²) in [6, 6.07) is 1.83. The number of nitrogens with zero attached hydrogens (tertiary/aromatic N) is 1. The van der Waals surface area contributed by atoms with Crippen LogP contribution in [0.5, 0.6) is 0 Å². The van der Waals surface area contributed by atoms with Gasteiger partial charge in [0, 0.05) is 6.20 Å². The molecule has 0 amide bonds. The molecular formula is C14H16F3NO4. The molecule has 0 spiro atoms. The number of hydrogen-bond acceptors (Lipinski definition) is 4. The van der Waals surface area contributed by atoms with Crippen LogP contribution in [0.25, 0.3) is 0 Å². The predicted molar refractivity (Wildman–Crippen MR) is 69.9 cm³/mol. The number of alkyl halides is 3. The summed E-state index contributed by atoms with van der Waals surface area (Å²) in [7, 11) is 0. The van der Waals surface area contributed by atoms with E-state index in [1.165, 1.54) is 0 Å². The summed E-state index contributed by atoms with van der Waals surface area (Å²) in [6.45, 7) is 4.76. The fraction of sp³-hybridized carbons (Fsp3) is 0.500. The lowest BCUT2D eigenvalue weighted by atomic mass is 10.00. The van der Waals surface area contributed by atoms with Crippen LogP contribution in [0.2, 0.25) is 0 Å². The number of aliphatic carboxylic acids is 1. The number of aromatic nitrogens is 1. The van der Waals surface area contributed by atoms with Crippen LogP contribution in [-0.4, -0.2) is 27.6 Å². The normalized spacial score (nSPS) is 13.5. The molecule has 0 aromatic carbocycles. The summed E-state index contributed by atoms with van der Waals surface area (Å²) < 4.78 is 42.2. The summed E-state index contributed by atoms with van der Waals surface area (Å²) in [5.74, 6) is -3.85. The van der Waals surface area contributed by atoms with Crippen molar-refractivity contribution in [1.29, 1.82) is 0 Å². The van der Waals surface area contributed by atoms with Gasteiger partial charge in [-0.1, -0.05) is 6.07 Å². The Morgan fingerprint density at radius 2 is 1.86 bits per heavy atom. The summed E-state index contributed by atoms with van der Waals surface area (Å²) in [6.07, 6.45) is -3.96. The van der Waals surface area contributed by atoms with Crippen LogP contribution < -0.4 is 0 Å². The number of carbonyl (C=O) groups is 2. The molecule has 1 atom stereocenters. The molecule has 0 saturated carbocycles. The Bertz CT molecular complexity index is 547. The summed E-state index contributed by atoms with van der Waals surface area (Å²) in [5.41, 5.74) is -1.74. The Kier molecular flexibility index (Phi) is 5.16. The first-order valence-electron chi connectivity index (χ1n) is 6.38. The van der Waals surface area contributed by atoms with Crippen molar-refractivity contribution in [3.05, 3.63) is 29.6 Å². The van der Waals surface area contributed by atoms with E-state index in [9.17, 15) is 22.8 Å². The number of carbonyl (C=O) groups excluding carboxylic acids is 1. The van der Waals surface area contributed by atoms with Gasteiger partial charge in [-0.3, -0.25) is 14.6 Å². The average molecular weight is 319 g/mol. The first-order valence-corrected chi connectivity index (χ1v) is 6.38. The minimum absolute atomic E-state index is 0.200. The van der Waals surface area contributed by atoms with Crippen LogP contribution in [0, 0.1) is 5.92 Å². The third-order valence-electron chi connectivity index (χ3n) is 2.54. The van der Waals surface area contributed by atoms with Gasteiger partial charge < -0.3 is 9.84 Å². The van der Waals surface area contributed by atoms with E-state index in [0.717, 1.165) is 18.3 Å². The molecule has 1 rings (SSSR count). The van der Waals surface area contributed by atoms with Crippen molar-refractivity contribution in [3.63, 3.8) is 0 Å². The van der Waals surface area contributed by atoms with Crippen LogP contribution in [-0.2, 0) is 26.9 Å². The lowest BCUT2D eigenvalue weighted by molar-refractivity contribution is -0.166. The molecule has 0 saturated heterocycles. The van der Waals surface area contributed by atoms with E-state index in [2.05, 4.69) is 4.98 Å². The SMILES string of the molecule is CC(C)(C)OC(=O)C(Cc1ccc(C(F)(F)F)nc1)C(=O)O. The molecular weight excluding hydrogens is 303 g/mol. The molecule has 22 heavy (non-hydrogen) atoms. The Labute approximate surface area is 125 Å². The maximum absolute atomic E-state index is 12.4. The third-order valence-corrected chi connectivity index (χ3v) is 2.54. The molecule has 0 radical (unpaired) electrons. The van der Waals surface area contributed by atoms with E-state index in [1.54, 1.807) is 20.8 Å². The smallest absolute Gasteiger partial charge is 0.433 e. The van der Waals surface area contributed by atoms with E-state index in [-0.39, 0.29) is 12.0 Å². The Morgan fingerprint density at radius 3 is 2.23 bits per heavy atom. The largest absolute Gasteiger partial charge is 0.481 e. The molecule has 1 aromatic heterocycles. The predicted octanol–water partition coefficient (Wildman–Crippen LogP) is 2.69. The van der Waals surface area contributed by atoms with Crippen molar-refractivity contribution < 1.29 is 32.6 Å². The number of halogens is 3. The van der Waals surface area contributed by atoms with Gasteiger partial charge in [0.2, 0.25) is 0 Å². The number of carboxylic acid groups (broad SMARTS) is 1. The van der Waals surface area contributed by atoms with E-state index in [4.69, 9.17) is 9.84 Å². The molecule has 0 aliphatic rings. The zero-order valence-electron chi connectivity index (χ0n) is 12.3. The zero-order chi connectivity index (χ0) is 17.1. The van der Waals surface area contributed by atoms with Crippen LogP contribution in [0.3, 0.4) is 0 Å². The monoisotopic (exact) mass is 319 g/mol. The quantitative estimate of drug-likeness (QED) is 0.682. The van der Waals surface area contributed by atoms with Crippen molar-refractivity contribution in [2.24, 2.45) is 5.92 Å². The van der Waals surface area contributed by atoms with Gasteiger partial charge in [-0.05, 0) is 38.8 Å². The number of esters is 1. The van der Waals surface area contributed by atoms with Gasteiger partial charge in [-0.25, -0.2) is 0 Å². The maximum atomic E-state index is 12.4. The second kappa shape index (κ2) is 6.33. The van der Waals surface area contributed by atoms with Crippen LogP contribution in [0.15, 0.2) is 18.3 Å². The standard InChI is InChI=1S/C14H16F3NO4/c1-13(2,3)22-12(21)9(11(19)20)6-8-4-5-10(18-7-8)14(15,16)17/h4-5,7,9H,6H2,1-3H3,(H,19,20). The molecule has 0 bridgehead atoms. The second-order valence-corrected chi connectivity index (χ2v) is 5.68. The Morgan fingerprint density at radius 1 is 1.27 bits per heavy atom. The van der Waals surface area contributed by atoms with Gasteiger partial charge in [0.25, 0.3) is 0 Å². The van der Waals surface area contributed by atoms with Crippen molar-refractivity contribution >= 4 is 11.9 Å². The fourth-order valence-corrected chi connectivity index (χ4v) is 1.59. The van der Waals surface area contributed by atoms with Crippen molar-refractivity contribution in [2.75, 3.05) is 0 Å². The summed E-state index contributed by atoms with van der Waals surface area (Å²) in [4.78, 5) is 26.2. The maximum Gasteiger partial charge on any atom is 0.433 e. The van der Waals surface area contributed by atoms with Gasteiger partial charge >= 0.3 is 18.1 Å². The fourth-order valence-electron chi connectivity index (χ4n) is 1.59. The van der Waals surface area contributed by atoms with Gasteiger partial charge in [0.1, 0.15) is 11.3 Å². The van der Waals surface area contributed by atoms with Crippen molar-refractivity contribution in [2.45, 2.75) is 39.0 Å². The highest BCUT2D eigenvalue weighted by molar-refractivity contribution is 5.94. The number of carboxylic acids is 1. The van der Waals surface area contributed by atoms with Crippen LogP contribution >= 0.6 is 0 Å². The molecule has 122 valence electrons. The highest BCUT2D eigenvalue weighted by atomic mass is 19.4. The summed E-state index contributed by atoms with van der Waals surface area (Å²) in [5, 5.41) is 9.08. The second-order valence-electron chi connectivity index (χ2n) is 5.68. The minimum Gasteiger partial charge on any atom is -0.481 e. The van der Waals surface area contributed by atoms with Gasteiger partial charge in [0.05, 0.1) is 0 Å². The number of pyridine rings is 1. The van der Waals surface area contributed by atoms with Crippen molar-refractivity contribution in [1.82, 2.24) is 4.98 Å². The highest BCUT2D eigenvalue weighted by Crippen LogP contribution is 2.27. The van der Waals surface area contributed by atoms with Gasteiger partial charge in [-0.2, -0.15) is 13.2 Å². The van der Waals surface area contributed by atoms with E-state index in [0.29, 0.717) is 0 Å². The molecule has 5 nitrogen and oxygen atoms in total. The molecule has 1 unspecified atom stereocenters. The average Bonchev–Trinajstić information content (AvgIpc) is 2.32. The molecule has 8 heteroatoms. The number of ether oxygens (including phenoxy) is 1. The molecule has 0 aliphatic heterocycles.